The Labute approximate surface area is 110 Å². The van der Waals surface area contributed by atoms with Crippen molar-refractivity contribution in [1.29, 1.82) is 0 Å². The molecule has 0 radical (unpaired) electrons. The van der Waals surface area contributed by atoms with Gasteiger partial charge in [-0.05, 0) is 30.9 Å². The molecule has 0 amide bonds. The molecule has 1 unspecified atom stereocenters. The van der Waals surface area contributed by atoms with Crippen molar-refractivity contribution in [2.75, 3.05) is 18.6 Å². The minimum atomic E-state index is -4.29. The van der Waals surface area contributed by atoms with Crippen molar-refractivity contribution in [3.63, 3.8) is 0 Å². The maximum atomic E-state index is 12.9. The molecular formula is C13H18F3NS. The van der Waals surface area contributed by atoms with Crippen LogP contribution in [-0.2, 0) is 6.18 Å². The highest BCUT2D eigenvalue weighted by Gasteiger charge is 2.34. The van der Waals surface area contributed by atoms with Crippen LogP contribution in [0.4, 0.5) is 13.2 Å². The molecule has 0 saturated carbocycles. The second-order valence-corrected chi connectivity index (χ2v) is 4.96. The van der Waals surface area contributed by atoms with Crippen LogP contribution in [0.2, 0.25) is 0 Å². The van der Waals surface area contributed by atoms with Gasteiger partial charge < -0.3 is 5.32 Å². The standard InChI is InChI=1S/C13H18F3NS/c1-3-8-17-12(9-18-2)10-6-4-5-7-11(10)13(14,15)16/h4-7,12,17H,3,8-9H2,1-2H3. The maximum absolute atomic E-state index is 12.9. The van der Waals surface area contributed by atoms with Crippen LogP contribution < -0.4 is 5.32 Å². The Bertz CT molecular complexity index is 365. The molecule has 1 nitrogen and oxygen atoms in total. The van der Waals surface area contributed by atoms with Gasteiger partial charge in [-0.2, -0.15) is 24.9 Å². The lowest BCUT2D eigenvalue weighted by Crippen LogP contribution is -2.26. The minimum absolute atomic E-state index is 0.252. The zero-order valence-corrected chi connectivity index (χ0v) is 11.4. The van der Waals surface area contributed by atoms with Gasteiger partial charge in [-0.3, -0.25) is 0 Å². The summed E-state index contributed by atoms with van der Waals surface area (Å²) in [5, 5.41) is 3.18. The summed E-state index contributed by atoms with van der Waals surface area (Å²) >= 11 is 1.54. The summed E-state index contributed by atoms with van der Waals surface area (Å²) in [4.78, 5) is 0. The number of rotatable bonds is 6. The van der Waals surface area contributed by atoms with Crippen molar-refractivity contribution in [1.82, 2.24) is 5.32 Å². The summed E-state index contributed by atoms with van der Waals surface area (Å²) < 4.78 is 38.8. The van der Waals surface area contributed by atoms with E-state index >= 15 is 0 Å². The Hall–Kier alpha value is -0.680. The summed E-state index contributed by atoms with van der Waals surface area (Å²) in [6, 6.07) is 5.55. The van der Waals surface area contributed by atoms with Gasteiger partial charge in [0, 0.05) is 11.8 Å². The second kappa shape index (κ2) is 7.04. The van der Waals surface area contributed by atoms with Gasteiger partial charge in [0.1, 0.15) is 0 Å². The molecule has 1 atom stereocenters. The lowest BCUT2D eigenvalue weighted by Gasteiger charge is -2.22. The molecule has 5 heteroatoms. The van der Waals surface area contributed by atoms with Crippen LogP contribution in [0.3, 0.4) is 0 Å². The topological polar surface area (TPSA) is 12.0 Å². The van der Waals surface area contributed by atoms with Gasteiger partial charge in [-0.25, -0.2) is 0 Å². The van der Waals surface area contributed by atoms with E-state index in [4.69, 9.17) is 0 Å². The molecule has 102 valence electrons. The lowest BCUT2D eigenvalue weighted by atomic mass is 10.0. The predicted octanol–water partition coefficient (Wildman–Crippen LogP) is 4.11. The summed E-state index contributed by atoms with van der Waals surface area (Å²) in [5.74, 6) is 0.632. The maximum Gasteiger partial charge on any atom is 0.416 e. The molecule has 0 aromatic heterocycles. The highest BCUT2D eigenvalue weighted by Crippen LogP contribution is 2.35. The first-order valence-corrected chi connectivity index (χ1v) is 7.28. The zero-order chi connectivity index (χ0) is 13.6. The molecule has 18 heavy (non-hydrogen) atoms. The predicted molar refractivity (Wildman–Crippen MR) is 70.9 cm³/mol. The van der Waals surface area contributed by atoms with Crippen molar-refractivity contribution in [2.24, 2.45) is 0 Å². The van der Waals surface area contributed by atoms with E-state index in [0.29, 0.717) is 11.3 Å². The molecule has 0 aliphatic heterocycles. The molecule has 1 rings (SSSR count). The summed E-state index contributed by atoms with van der Waals surface area (Å²) in [5.41, 5.74) is -0.194. The molecule has 0 bridgehead atoms. The van der Waals surface area contributed by atoms with Crippen LogP contribution >= 0.6 is 11.8 Å². The summed E-state index contributed by atoms with van der Waals surface area (Å²) in [6.45, 7) is 2.72. The summed E-state index contributed by atoms with van der Waals surface area (Å²) in [7, 11) is 0. The van der Waals surface area contributed by atoms with Gasteiger partial charge >= 0.3 is 6.18 Å². The van der Waals surface area contributed by atoms with Crippen LogP contribution in [0, 0.1) is 0 Å². The molecule has 1 N–H and O–H groups in total. The highest BCUT2D eigenvalue weighted by atomic mass is 32.2. The SMILES string of the molecule is CCCNC(CSC)c1ccccc1C(F)(F)F. The van der Waals surface area contributed by atoms with Gasteiger partial charge in [0.05, 0.1) is 5.56 Å². The van der Waals surface area contributed by atoms with E-state index in [1.54, 1.807) is 23.9 Å². The molecule has 0 aliphatic carbocycles. The fourth-order valence-corrected chi connectivity index (χ4v) is 2.43. The fourth-order valence-electron chi connectivity index (χ4n) is 1.80. The Morgan fingerprint density at radius 2 is 1.94 bits per heavy atom. The Kier molecular flexibility index (Phi) is 6.02. The Morgan fingerprint density at radius 3 is 2.50 bits per heavy atom. The van der Waals surface area contributed by atoms with E-state index in [1.165, 1.54) is 6.07 Å². The van der Waals surface area contributed by atoms with Crippen molar-refractivity contribution >= 4 is 11.8 Å². The molecule has 0 saturated heterocycles. The van der Waals surface area contributed by atoms with Crippen LogP contribution in [0.15, 0.2) is 24.3 Å². The fraction of sp³-hybridized carbons (Fsp3) is 0.538. The summed E-state index contributed by atoms with van der Waals surface area (Å²) in [6.07, 6.45) is -1.49. The third-order valence-corrected chi connectivity index (χ3v) is 3.28. The van der Waals surface area contributed by atoms with Crippen molar-refractivity contribution in [3.8, 4) is 0 Å². The van der Waals surface area contributed by atoms with E-state index in [1.807, 2.05) is 13.2 Å². The highest BCUT2D eigenvalue weighted by molar-refractivity contribution is 7.98. The van der Waals surface area contributed by atoms with Crippen molar-refractivity contribution in [3.05, 3.63) is 35.4 Å². The van der Waals surface area contributed by atoms with Gasteiger partial charge in [0.25, 0.3) is 0 Å². The average Bonchev–Trinajstić information content (AvgIpc) is 2.33. The molecule has 0 heterocycles. The quantitative estimate of drug-likeness (QED) is 0.840. The molecule has 1 aromatic rings. The third-order valence-electron chi connectivity index (χ3n) is 2.62. The Balaban J connectivity index is 3.03. The van der Waals surface area contributed by atoms with Gasteiger partial charge in [0.2, 0.25) is 0 Å². The largest absolute Gasteiger partial charge is 0.416 e. The van der Waals surface area contributed by atoms with Gasteiger partial charge in [-0.15, -0.1) is 0 Å². The molecule has 0 spiro atoms. The average molecular weight is 277 g/mol. The van der Waals surface area contributed by atoms with E-state index in [-0.39, 0.29) is 6.04 Å². The molecule has 0 aliphatic rings. The van der Waals surface area contributed by atoms with Gasteiger partial charge in [-0.1, -0.05) is 25.1 Å². The monoisotopic (exact) mass is 277 g/mol. The number of hydrogen-bond donors (Lipinski definition) is 1. The minimum Gasteiger partial charge on any atom is -0.309 e. The van der Waals surface area contributed by atoms with Crippen LogP contribution in [0.1, 0.15) is 30.5 Å². The normalized spacial score (nSPS) is 13.6. The zero-order valence-electron chi connectivity index (χ0n) is 10.6. The van der Waals surface area contributed by atoms with Crippen molar-refractivity contribution < 1.29 is 13.2 Å². The smallest absolute Gasteiger partial charge is 0.309 e. The number of nitrogens with one attached hydrogen (secondary N) is 1. The first kappa shape index (κ1) is 15.4. The number of thioether (sulfide) groups is 1. The number of hydrogen-bond acceptors (Lipinski definition) is 2. The second-order valence-electron chi connectivity index (χ2n) is 4.05. The third kappa shape index (κ3) is 4.21. The Morgan fingerprint density at radius 1 is 1.28 bits per heavy atom. The van der Waals surface area contributed by atoms with E-state index in [2.05, 4.69) is 5.32 Å². The van der Waals surface area contributed by atoms with E-state index in [0.717, 1.165) is 19.0 Å². The lowest BCUT2D eigenvalue weighted by molar-refractivity contribution is -0.138. The van der Waals surface area contributed by atoms with Crippen LogP contribution in [0.25, 0.3) is 0 Å². The number of benzene rings is 1. The molecular weight excluding hydrogens is 259 g/mol. The van der Waals surface area contributed by atoms with E-state index in [9.17, 15) is 13.2 Å². The van der Waals surface area contributed by atoms with Crippen LogP contribution in [-0.4, -0.2) is 18.6 Å². The van der Waals surface area contributed by atoms with Crippen molar-refractivity contribution in [2.45, 2.75) is 25.6 Å². The first-order chi connectivity index (χ1) is 8.50. The molecule has 1 aromatic carbocycles. The first-order valence-electron chi connectivity index (χ1n) is 5.89. The van der Waals surface area contributed by atoms with Gasteiger partial charge in [0.15, 0.2) is 0 Å². The van der Waals surface area contributed by atoms with E-state index < -0.39 is 11.7 Å². The number of halogens is 3. The number of alkyl halides is 3. The molecule has 0 fully saturated rings. The van der Waals surface area contributed by atoms with Crippen LogP contribution in [0.5, 0.6) is 0 Å².